The molecule has 3 N–H and O–H groups in total. The van der Waals surface area contributed by atoms with Gasteiger partial charge in [-0.15, -0.1) is 0 Å². The lowest BCUT2D eigenvalue weighted by atomic mass is 10.1. The number of Topliss-reactive ketones (excluding diaryl/α,β-unsaturated/α-hetero) is 1. The van der Waals surface area contributed by atoms with Gasteiger partial charge in [0.05, 0.1) is 5.69 Å². The average Bonchev–Trinajstić information content (AvgIpc) is 2.33. The summed E-state index contributed by atoms with van der Waals surface area (Å²) in [6.07, 6.45) is 0. The third kappa shape index (κ3) is 3.12. The minimum Gasteiger partial charge on any atom is -0.398 e. The Morgan fingerprint density at radius 3 is 2.63 bits per heavy atom. The van der Waals surface area contributed by atoms with Crippen molar-refractivity contribution in [2.45, 2.75) is 6.92 Å². The Morgan fingerprint density at radius 1 is 1.26 bits per heavy atom. The Balaban J connectivity index is 2.31. The molecular formula is C14H12BrFN2O. The van der Waals surface area contributed by atoms with E-state index in [1.807, 2.05) is 0 Å². The van der Waals surface area contributed by atoms with Crippen molar-refractivity contribution in [1.82, 2.24) is 0 Å². The van der Waals surface area contributed by atoms with Crippen molar-refractivity contribution in [3.8, 4) is 0 Å². The van der Waals surface area contributed by atoms with Crippen LogP contribution in [0.4, 0.5) is 21.5 Å². The number of carbonyl (C=O) groups excluding carboxylic acids is 1. The Hall–Kier alpha value is -1.88. The lowest BCUT2D eigenvalue weighted by Gasteiger charge is -2.10. The Bertz CT molecular complexity index is 643. The quantitative estimate of drug-likeness (QED) is 0.660. The van der Waals surface area contributed by atoms with Crippen molar-refractivity contribution in [2.75, 3.05) is 11.1 Å². The van der Waals surface area contributed by atoms with Gasteiger partial charge in [0.15, 0.2) is 5.78 Å². The summed E-state index contributed by atoms with van der Waals surface area (Å²) in [4.78, 5) is 11.3. The normalized spacial score (nSPS) is 10.3. The van der Waals surface area contributed by atoms with Gasteiger partial charge in [-0.05, 0) is 59.3 Å². The van der Waals surface area contributed by atoms with Crippen LogP contribution in [0.15, 0.2) is 40.9 Å². The van der Waals surface area contributed by atoms with Crippen molar-refractivity contribution < 1.29 is 9.18 Å². The zero-order valence-corrected chi connectivity index (χ0v) is 11.8. The van der Waals surface area contributed by atoms with Crippen molar-refractivity contribution in [3.63, 3.8) is 0 Å². The second kappa shape index (κ2) is 5.40. The zero-order chi connectivity index (χ0) is 14.0. The number of ketones is 1. The van der Waals surface area contributed by atoms with Crippen molar-refractivity contribution >= 4 is 38.8 Å². The highest BCUT2D eigenvalue weighted by Crippen LogP contribution is 2.28. The molecule has 0 fully saturated rings. The molecule has 0 bridgehead atoms. The first-order valence-electron chi connectivity index (χ1n) is 5.60. The third-order valence-corrected chi connectivity index (χ3v) is 3.33. The fourth-order valence-corrected chi connectivity index (χ4v) is 2.06. The van der Waals surface area contributed by atoms with Gasteiger partial charge in [-0.3, -0.25) is 4.79 Å². The van der Waals surface area contributed by atoms with Gasteiger partial charge in [0, 0.05) is 21.4 Å². The fraction of sp³-hybridized carbons (Fsp3) is 0.0714. The van der Waals surface area contributed by atoms with Crippen molar-refractivity contribution in [1.29, 1.82) is 0 Å². The van der Waals surface area contributed by atoms with Gasteiger partial charge < -0.3 is 11.1 Å². The lowest BCUT2D eigenvalue weighted by Crippen LogP contribution is -2.01. The molecule has 98 valence electrons. The van der Waals surface area contributed by atoms with Crippen LogP contribution in [0, 0.1) is 5.82 Å². The van der Waals surface area contributed by atoms with Gasteiger partial charge in [0.2, 0.25) is 0 Å². The molecule has 2 aromatic rings. The molecule has 0 atom stereocenters. The predicted octanol–water partition coefficient (Wildman–Crippen LogP) is 4.12. The summed E-state index contributed by atoms with van der Waals surface area (Å²) in [5, 5.41) is 3.04. The van der Waals surface area contributed by atoms with E-state index in [9.17, 15) is 9.18 Å². The van der Waals surface area contributed by atoms with Crippen LogP contribution in [0.2, 0.25) is 0 Å². The minimum atomic E-state index is -0.334. The summed E-state index contributed by atoms with van der Waals surface area (Å²) in [6.45, 7) is 1.46. The second-order valence-corrected chi connectivity index (χ2v) is 4.96. The Morgan fingerprint density at radius 2 is 2.00 bits per heavy atom. The molecule has 0 heterocycles. The van der Waals surface area contributed by atoms with E-state index >= 15 is 0 Å². The number of nitrogens with one attached hydrogen (secondary N) is 1. The van der Waals surface area contributed by atoms with Crippen LogP contribution in [-0.4, -0.2) is 5.78 Å². The molecule has 0 unspecified atom stereocenters. The van der Waals surface area contributed by atoms with E-state index in [0.29, 0.717) is 22.6 Å². The molecule has 0 amide bonds. The first-order valence-corrected chi connectivity index (χ1v) is 6.39. The number of hydrogen-bond donors (Lipinski definition) is 2. The number of rotatable bonds is 3. The van der Waals surface area contributed by atoms with Crippen LogP contribution in [-0.2, 0) is 0 Å². The Labute approximate surface area is 118 Å². The fourth-order valence-electron chi connectivity index (χ4n) is 1.71. The molecule has 0 aliphatic rings. The molecule has 5 heteroatoms. The van der Waals surface area contributed by atoms with E-state index < -0.39 is 0 Å². The van der Waals surface area contributed by atoms with E-state index in [4.69, 9.17) is 5.73 Å². The molecule has 0 radical (unpaired) electrons. The number of nitrogen functional groups attached to an aromatic ring is 1. The Kier molecular flexibility index (Phi) is 3.85. The zero-order valence-electron chi connectivity index (χ0n) is 10.2. The monoisotopic (exact) mass is 322 g/mol. The molecule has 0 saturated heterocycles. The van der Waals surface area contributed by atoms with Crippen LogP contribution in [0.1, 0.15) is 17.3 Å². The summed E-state index contributed by atoms with van der Waals surface area (Å²) in [5.41, 5.74) is 7.95. The number of hydrogen-bond acceptors (Lipinski definition) is 3. The van der Waals surface area contributed by atoms with Crippen molar-refractivity contribution in [3.05, 3.63) is 52.3 Å². The molecule has 3 nitrogen and oxygen atoms in total. The number of benzene rings is 2. The maximum Gasteiger partial charge on any atom is 0.161 e. The topological polar surface area (TPSA) is 55.1 Å². The molecule has 0 aliphatic carbocycles. The molecule has 2 aromatic carbocycles. The van der Waals surface area contributed by atoms with Crippen LogP contribution in [0.5, 0.6) is 0 Å². The first kappa shape index (κ1) is 13.5. The largest absolute Gasteiger partial charge is 0.398 e. The number of halogens is 2. The van der Waals surface area contributed by atoms with Crippen LogP contribution in [0.25, 0.3) is 0 Å². The molecule has 0 spiro atoms. The van der Waals surface area contributed by atoms with E-state index in [0.717, 1.165) is 4.47 Å². The molecule has 0 saturated carbocycles. The van der Waals surface area contributed by atoms with Gasteiger partial charge in [0.25, 0.3) is 0 Å². The molecule has 2 rings (SSSR count). The van der Waals surface area contributed by atoms with E-state index in [1.54, 1.807) is 24.3 Å². The van der Waals surface area contributed by atoms with Crippen LogP contribution < -0.4 is 11.1 Å². The number of carbonyl (C=O) groups is 1. The van der Waals surface area contributed by atoms with Crippen LogP contribution >= 0.6 is 15.9 Å². The van der Waals surface area contributed by atoms with Gasteiger partial charge in [-0.1, -0.05) is 0 Å². The van der Waals surface area contributed by atoms with Crippen molar-refractivity contribution in [2.24, 2.45) is 0 Å². The number of nitrogens with two attached hydrogens (primary N) is 1. The highest BCUT2D eigenvalue weighted by Gasteiger charge is 2.07. The standard InChI is InChI=1S/C14H12BrFN2O/c1-8(19)11-4-3-10(7-13(11)17)18-14-6-9(16)2-5-12(14)15/h2-7,18H,17H2,1H3. The second-order valence-electron chi connectivity index (χ2n) is 4.11. The first-order chi connectivity index (χ1) is 8.97. The molecular weight excluding hydrogens is 311 g/mol. The lowest BCUT2D eigenvalue weighted by molar-refractivity contribution is 0.101. The summed E-state index contributed by atoms with van der Waals surface area (Å²) >= 11 is 3.33. The predicted molar refractivity (Wildman–Crippen MR) is 78.2 cm³/mol. The summed E-state index contributed by atoms with van der Waals surface area (Å²) < 4.78 is 13.9. The SMILES string of the molecule is CC(=O)c1ccc(Nc2cc(F)ccc2Br)cc1N. The maximum atomic E-state index is 13.2. The maximum absolute atomic E-state index is 13.2. The van der Waals surface area contributed by atoms with E-state index in [1.165, 1.54) is 19.1 Å². The highest BCUT2D eigenvalue weighted by atomic mass is 79.9. The minimum absolute atomic E-state index is 0.0870. The summed E-state index contributed by atoms with van der Waals surface area (Å²) in [5.74, 6) is -0.421. The summed E-state index contributed by atoms with van der Waals surface area (Å²) in [6, 6.07) is 9.37. The third-order valence-electron chi connectivity index (χ3n) is 2.64. The average molecular weight is 323 g/mol. The smallest absolute Gasteiger partial charge is 0.161 e. The van der Waals surface area contributed by atoms with E-state index in [-0.39, 0.29) is 11.6 Å². The molecule has 0 aromatic heterocycles. The van der Waals surface area contributed by atoms with E-state index in [2.05, 4.69) is 21.2 Å². The summed E-state index contributed by atoms with van der Waals surface area (Å²) in [7, 11) is 0. The molecule has 0 aliphatic heterocycles. The highest BCUT2D eigenvalue weighted by molar-refractivity contribution is 9.10. The van der Waals surface area contributed by atoms with Gasteiger partial charge in [-0.2, -0.15) is 0 Å². The van der Waals surface area contributed by atoms with Crippen LogP contribution in [0.3, 0.4) is 0 Å². The molecule has 19 heavy (non-hydrogen) atoms. The van der Waals surface area contributed by atoms with Gasteiger partial charge in [0.1, 0.15) is 5.82 Å². The van der Waals surface area contributed by atoms with Gasteiger partial charge >= 0.3 is 0 Å². The van der Waals surface area contributed by atoms with Gasteiger partial charge in [-0.25, -0.2) is 4.39 Å². The number of anilines is 3.